The average molecular weight is 489 g/mol. The fourth-order valence-electron chi connectivity index (χ4n) is 3.43. The normalized spacial score (nSPS) is 15.3. The SMILES string of the molecule is Cc1ccc(S(=O)(=O)N2CCN(c3cnn(-c4ccccc4)c(=O)c3Br)CC2)cc1. The monoisotopic (exact) mass is 488 g/mol. The molecule has 0 spiro atoms. The number of hydrogen-bond donors (Lipinski definition) is 0. The minimum Gasteiger partial charge on any atom is -0.367 e. The van der Waals surface area contributed by atoms with Crippen molar-refractivity contribution >= 4 is 31.6 Å². The number of benzene rings is 2. The molecule has 4 rings (SSSR count). The Bertz CT molecular complexity index is 1200. The zero-order valence-electron chi connectivity index (χ0n) is 16.4. The van der Waals surface area contributed by atoms with E-state index in [0.29, 0.717) is 46.9 Å². The Balaban J connectivity index is 1.52. The Morgan fingerprint density at radius 3 is 2.20 bits per heavy atom. The van der Waals surface area contributed by atoms with Crippen molar-refractivity contribution < 1.29 is 8.42 Å². The first kappa shape index (κ1) is 20.8. The molecule has 9 heteroatoms. The Hall–Kier alpha value is -2.49. The van der Waals surface area contributed by atoms with Gasteiger partial charge in [0.15, 0.2) is 0 Å². The summed E-state index contributed by atoms with van der Waals surface area (Å²) in [6.45, 7) is 3.54. The standard InChI is InChI=1S/C21H21BrN4O3S/c1-16-7-9-18(10-8-16)30(28,29)25-13-11-24(12-14-25)19-15-23-26(21(27)20(19)22)17-5-3-2-4-6-17/h2-10,15H,11-14H2,1H3. The zero-order valence-corrected chi connectivity index (χ0v) is 18.8. The largest absolute Gasteiger partial charge is 0.367 e. The lowest BCUT2D eigenvalue weighted by Crippen LogP contribution is -2.49. The van der Waals surface area contributed by atoms with Crippen LogP contribution in [0.5, 0.6) is 0 Å². The molecule has 3 aromatic rings. The molecule has 1 fully saturated rings. The van der Waals surface area contributed by atoms with Crippen molar-refractivity contribution in [1.82, 2.24) is 14.1 Å². The van der Waals surface area contributed by atoms with Crippen LogP contribution in [-0.2, 0) is 10.0 Å². The molecule has 2 aromatic carbocycles. The number of hydrogen-bond acceptors (Lipinski definition) is 5. The Morgan fingerprint density at radius 2 is 1.57 bits per heavy atom. The smallest absolute Gasteiger partial charge is 0.287 e. The predicted molar refractivity (Wildman–Crippen MR) is 120 cm³/mol. The minimum absolute atomic E-state index is 0.256. The quantitative estimate of drug-likeness (QED) is 0.564. The van der Waals surface area contributed by atoms with Gasteiger partial charge in [-0.05, 0) is 47.1 Å². The van der Waals surface area contributed by atoms with Crippen molar-refractivity contribution in [3.8, 4) is 5.69 Å². The molecule has 0 radical (unpaired) electrons. The molecule has 0 bridgehead atoms. The molecule has 1 saturated heterocycles. The van der Waals surface area contributed by atoms with E-state index in [1.165, 1.54) is 8.99 Å². The number of anilines is 1. The topological polar surface area (TPSA) is 75.5 Å². The van der Waals surface area contributed by atoms with Crippen molar-refractivity contribution in [2.45, 2.75) is 11.8 Å². The lowest BCUT2D eigenvalue weighted by atomic mass is 10.2. The fraction of sp³-hybridized carbons (Fsp3) is 0.238. The summed E-state index contributed by atoms with van der Waals surface area (Å²) in [6, 6.07) is 16.1. The summed E-state index contributed by atoms with van der Waals surface area (Å²) in [7, 11) is -3.53. The number of aromatic nitrogens is 2. The van der Waals surface area contributed by atoms with E-state index in [-0.39, 0.29) is 5.56 Å². The van der Waals surface area contributed by atoms with Gasteiger partial charge in [-0.2, -0.15) is 14.1 Å². The van der Waals surface area contributed by atoms with E-state index < -0.39 is 10.0 Å². The zero-order chi connectivity index (χ0) is 21.3. The summed E-state index contributed by atoms with van der Waals surface area (Å²) in [5.74, 6) is 0. The fourth-order valence-corrected chi connectivity index (χ4v) is 5.37. The van der Waals surface area contributed by atoms with E-state index >= 15 is 0 Å². The second-order valence-corrected chi connectivity index (χ2v) is 9.83. The van der Waals surface area contributed by atoms with Gasteiger partial charge in [0.2, 0.25) is 10.0 Å². The van der Waals surface area contributed by atoms with E-state index in [4.69, 9.17) is 0 Å². The second kappa shape index (κ2) is 8.33. The van der Waals surface area contributed by atoms with Crippen molar-refractivity contribution in [3.05, 3.63) is 81.2 Å². The molecule has 2 heterocycles. The number of piperazine rings is 1. The molecule has 7 nitrogen and oxygen atoms in total. The summed E-state index contributed by atoms with van der Waals surface area (Å²) >= 11 is 3.42. The highest BCUT2D eigenvalue weighted by molar-refractivity contribution is 9.10. The lowest BCUT2D eigenvalue weighted by molar-refractivity contribution is 0.384. The molecule has 1 aromatic heterocycles. The van der Waals surface area contributed by atoms with Crippen LogP contribution in [0, 0.1) is 6.92 Å². The van der Waals surface area contributed by atoms with Gasteiger partial charge in [0.25, 0.3) is 5.56 Å². The van der Waals surface area contributed by atoms with E-state index in [0.717, 1.165) is 5.56 Å². The van der Waals surface area contributed by atoms with Crippen molar-refractivity contribution in [2.75, 3.05) is 31.1 Å². The summed E-state index contributed by atoms with van der Waals surface area (Å²) in [5, 5.41) is 4.31. The van der Waals surface area contributed by atoms with Gasteiger partial charge in [-0.15, -0.1) is 0 Å². The maximum atomic E-state index is 12.9. The third-order valence-corrected chi connectivity index (χ3v) is 7.80. The lowest BCUT2D eigenvalue weighted by Gasteiger charge is -2.35. The number of halogens is 1. The predicted octanol–water partition coefficient (Wildman–Crippen LogP) is 2.81. The minimum atomic E-state index is -3.53. The molecule has 156 valence electrons. The van der Waals surface area contributed by atoms with Crippen LogP contribution in [0.3, 0.4) is 0 Å². The van der Waals surface area contributed by atoms with Crippen LogP contribution in [0.15, 0.2) is 75.0 Å². The number of para-hydroxylation sites is 1. The van der Waals surface area contributed by atoms with Crippen molar-refractivity contribution in [2.24, 2.45) is 0 Å². The molecule has 0 amide bonds. The van der Waals surface area contributed by atoms with Crippen LogP contribution >= 0.6 is 15.9 Å². The Morgan fingerprint density at radius 1 is 0.933 bits per heavy atom. The van der Waals surface area contributed by atoms with E-state index in [1.807, 2.05) is 42.2 Å². The van der Waals surface area contributed by atoms with E-state index in [2.05, 4.69) is 21.0 Å². The van der Waals surface area contributed by atoms with Gasteiger partial charge in [-0.25, -0.2) is 8.42 Å². The van der Waals surface area contributed by atoms with Gasteiger partial charge in [-0.1, -0.05) is 35.9 Å². The highest BCUT2D eigenvalue weighted by Crippen LogP contribution is 2.25. The number of nitrogens with zero attached hydrogens (tertiary/aromatic N) is 4. The third-order valence-electron chi connectivity index (χ3n) is 5.14. The molecule has 30 heavy (non-hydrogen) atoms. The molecule has 0 atom stereocenters. The first-order valence-electron chi connectivity index (χ1n) is 9.53. The number of rotatable bonds is 4. The maximum Gasteiger partial charge on any atom is 0.287 e. The molecule has 0 N–H and O–H groups in total. The summed E-state index contributed by atoms with van der Waals surface area (Å²) in [4.78, 5) is 15.1. The maximum absolute atomic E-state index is 12.9. The van der Waals surface area contributed by atoms with Crippen molar-refractivity contribution in [1.29, 1.82) is 0 Å². The van der Waals surface area contributed by atoms with Crippen LogP contribution in [0.4, 0.5) is 5.69 Å². The molecule has 1 aliphatic heterocycles. The van der Waals surface area contributed by atoms with Crippen molar-refractivity contribution in [3.63, 3.8) is 0 Å². The van der Waals surface area contributed by atoms with Gasteiger partial charge in [-0.3, -0.25) is 4.79 Å². The van der Waals surface area contributed by atoms with Crippen LogP contribution in [-0.4, -0.2) is 48.7 Å². The van der Waals surface area contributed by atoms with Crippen LogP contribution < -0.4 is 10.5 Å². The molecule has 1 aliphatic rings. The van der Waals surface area contributed by atoms with Gasteiger partial charge < -0.3 is 4.90 Å². The second-order valence-electron chi connectivity index (χ2n) is 7.10. The van der Waals surface area contributed by atoms with E-state index in [1.54, 1.807) is 30.5 Å². The molecular weight excluding hydrogens is 468 g/mol. The molecule has 0 saturated carbocycles. The summed E-state index contributed by atoms with van der Waals surface area (Å²) in [5.41, 5.74) is 2.11. The van der Waals surface area contributed by atoms with E-state index in [9.17, 15) is 13.2 Å². The summed E-state index contributed by atoms with van der Waals surface area (Å²) in [6.07, 6.45) is 1.64. The van der Waals surface area contributed by atoms with Crippen LogP contribution in [0.25, 0.3) is 5.69 Å². The Kier molecular flexibility index (Phi) is 5.77. The third kappa shape index (κ3) is 3.92. The highest BCUT2D eigenvalue weighted by atomic mass is 79.9. The molecule has 0 aliphatic carbocycles. The number of aryl methyl sites for hydroxylation is 1. The number of sulfonamides is 1. The van der Waals surface area contributed by atoms with Crippen LogP contribution in [0.1, 0.15) is 5.56 Å². The first-order valence-corrected chi connectivity index (χ1v) is 11.8. The van der Waals surface area contributed by atoms with Gasteiger partial charge in [0.1, 0.15) is 4.47 Å². The molecular formula is C21H21BrN4O3S. The first-order chi connectivity index (χ1) is 14.4. The average Bonchev–Trinajstić information content (AvgIpc) is 2.77. The van der Waals surface area contributed by atoms with Gasteiger partial charge in [0.05, 0.1) is 22.5 Å². The summed E-state index contributed by atoms with van der Waals surface area (Å²) < 4.78 is 29.0. The van der Waals surface area contributed by atoms with Crippen LogP contribution in [0.2, 0.25) is 0 Å². The van der Waals surface area contributed by atoms with Gasteiger partial charge in [0, 0.05) is 26.2 Å². The molecule has 0 unspecified atom stereocenters. The Labute approximate surface area is 183 Å². The van der Waals surface area contributed by atoms with Gasteiger partial charge >= 0.3 is 0 Å². The highest BCUT2D eigenvalue weighted by Gasteiger charge is 2.29.